The average molecular weight is 240 g/mol. The van der Waals surface area contributed by atoms with Crippen molar-refractivity contribution in [3.05, 3.63) is 29.8 Å². The van der Waals surface area contributed by atoms with Crippen molar-refractivity contribution in [2.24, 2.45) is 0 Å². The molecule has 0 saturated heterocycles. The van der Waals surface area contributed by atoms with Crippen molar-refractivity contribution in [3.63, 3.8) is 0 Å². The molecule has 2 N–H and O–H groups in total. The van der Waals surface area contributed by atoms with Crippen LogP contribution in [0, 0.1) is 0 Å². The van der Waals surface area contributed by atoms with Crippen LogP contribution in [0.2, 0.25) is 0 Å². The molecule has 2 atom stereocenters. The molecule has 0 spiro atoms. The third kappa shape index (κ3) is 4.52. The van der Waals surface area contributed by atoms with Gasteiger partial charge in [0, 0.05) is 13.3 Å². The standard InChI is InChI=1S/C12H16O5/c1-8(13)12(17-15)7-10-3-5-11(6-4-10)16-9(2)14/h3-6,8,12-13,15H,7H2,1-2H3. The van der Waals surface area contributed by atoms with Crippen molar-refractivity contribution < 1.29 is 24.8 Å². The van der Waals surface area contributed by atoms with Crippen LogP contribution in [0.1, 0.15) is 19.4 Å². The van der Waals surface area contributed by atoms with Gasteiger partial charge in [-0.1, -0.05) is 12.1 Å². The Kier molecular flexibility index (Phi) is 5.09. The minimum atomic E-state index is -0.770. The number of benzene rings is 1. The van der Waals surface area contributed by atoms with E-state index in [2.05, 4.69) is 4.89 Å². The molecule has 2 unspecified atom stereocenters. The Morgan fingerprint density at radius 1 is 1.35 bits per heavy atom. The third-order valence-corrected chi connectivity index (χ3v) is 2.30. The zero-order valence-corrected chi connectivity index (χ0v) is 9.79. The maximum Gasteiger partial charge on any atom is 0.308 e. The minimum Gasteiger partial charge on any atom is -0.427 e. The smallest absolute Gasteiger partial charge is 0.308 e. The van der Waals surface area contributed by atoms with E-state index in [1.165, 1.54) is 13.8 Å². The number of esters is 1. The molecule has 94 valence electrons. The average Bonchev–Trinajstić information content (AvgIpc) is 2.26. The fourth-order valence-corrected chi connectivity index (χ4v) is 1.39. The number of rotatable bonds is 5. The van der Waals surface area contributed by atoms with Crippen molar-refractivity contribution in [2.45, 2.75) is 32.5 Å². The van der Waals surface area contributed by atoms with Gasteiger partial charge in [0.1, 0.15) is 11.9 Å². The molecule has 0 aliphatic heterocycles. The molecular formula is C12H16O5. The largest absolute Gasteiger partial charge is 0.427 e. The van der Waals surface area contributed by atoms with Crippen LogP contribution in [-0.4, -0.2) is 28.5 Å². The van der Waals surface area contributed by atoms with Crippen LogP contribution in [0.5, 0.6) is 5.75 Å². The Bertz CT molecular complexity index is 358. The molecule has 0 bridgehead atoms. The van der Waals surface area contributed by atoms with E-state index in [0.717, 1.165) is 5.56 Å². The lowest BCUT2D eigenvalue weighted by Gasteiger charge is -2.16. The molecule has 17 heavy (non-hydrogen) atoms. The Morgan fingerprint density at radius 3 is 2.35 bits per heavy atom. The summed E-state index contributed by atoms with van der Waals surface area (Å²) >= 11 is 0. The number of aliphatic hydroxyl groups is 1. The van der Waals surface area contributed by atoms with E-state index in [1.54, 1.807) is 24.3 Å². The van der Waals surface area contributed by atoms with Crippen molar-refractivity contribution in [2.75, 3.05) is 0 Å². The van der Waals surface area contributed by atoms with Gasteiger partial charge < -0.3 is 9.84 Å². The molecular weight excluding hydrogens is 224 g/mol. The number of aliphatic hydroxyl groups excluding tert-OH is 1. The van der Waals surface area contributed by atoms with Gasteiger partial charge in [-0.3, -0.25) is 10.1 Å². The van der Waals surface area contributed by atoms with Crippen LogP contribution >= 0.6 is 0 Å². The number of carbonyl (C=O) groups is 1. The van der Waals surface area contributed by atoms with Crippen molar-refractivity contribution in [1.82, 2.24) is 0 Å². The van der Waals surface area contributed by atoms with Gasteiger partial charge in [0.15, 0.2) is 0 Å². The van der Waals surface area contributed by atoms with Gasteiger partial charge in [0.05, 0.1) is 6.10 Å². The first kappa shape index (κ1) is 13.6. The Balaban J connectivity index is 2.64. The molecule has 0 saturated carbocycles. The van der Waals surface area contributed by atoms with Gasteiger partial charge in [0.2, 0.25) is 0 Å². The zero-order valence-electron chi connectivity index (χ0n) is 9.79. The quantitative estimate of drug-likeness (QED) is 0.352. The van der Waals surface area contributed by atoms with Crippen LogP contribution in [0.3, 0.4) is 0 Å². The molecule has 0 aliphatic rings. The molecule has 5 nitrogen and oxygen atoms in total. The van der Waals surface area contributed by atoms with Crippen molar-refractivity contribution >= 4 is 5.97 Å². The normalized spacial score (nSPS) is 14.1. The summed E-state index contributed by atoms with van der Waals surface area (Å²) in [7, 11) is 0. The minimum absolute atomic E-state index is 0.370. The van der Waals surface area contributed by atoms with E-state index < -0.39 is 12.2 Å². The maximum absolute atomic E-state index is 10.7. The van der Waals surface area contributed by atoms with Crippen molar-refractivity contribution in [3.8, 4) is 5.75 Å². The van der Waals surface area contributed by atoms with Crippen LogP contribution in [0.25, 0.3) is 0 Å². The second-order valence-electron chi connectivity index (χ2n) is 3.83. The monoisotopic (exact) mass is 240 g/mol. The summed E-state index contributed by atoms with van der Waals surface area (Å²) in [6, 6.07) is 6.78. The maximum atomic E-state index is 10.7. The molecule has 0 fully saturated rings. The highest BCUT2D eigenvalue weighted by Gasteiger charge is 2.16. The lowest BCUT2D eigenvalue weighted by atomic mass is 10.0. The van der Waals surface area contributed by atoms with E-state index in [0.29, 0.717) is 12.2 Å². The van der Waals surface area contributed by atoms with Gasteiger partial charge in [0.25, 0.3) is 0 Å². The van der Waals surface area contributed by atoms with E-state index in [1.807, 2.05) is 0 Å². The number of hydrogen-bond donors (Lipinski definition) is 2. The molecule has 0 aliphatic carbocycles. The highest BCUT2D eigenvalue weighted by atomic mass is 17.1. The number of carbonyl (C=O) groups excluding carboxylic acids is 1. The van der Waals surface area contributed by atoms with Crippen LogP contribution in [-0.2, 0) is 16.1 Å². The zero-order chi connectivity index (χ0) is 12.8. The number of hydrogen-bond acceptors (Lipinski definition) is 5. The topological polar surface area (TPSA) is 76.0 Å². The molecule has 0 amide bonds. The fraction of sp³-hybridized carbons (Fsp3) is 0.417. The number of ether oxygens (including phenoxy) is 1. The second-order valence-corrected chi connectivity index (χ2v) is 3.83. The van der Waals surface area contributed by atoms with E-state index >= 15 is 0 Å². The third-order valence-electron chi connectivity index (χ3n) is 2.30. The predicted molar refractivity (Wildman–Crippen MR) is 60.6 cm³/mol. The van der Waals surface area contributed by atoms with Crippen LogP contribution in [0.4, 0.5) is 0 Å². The van der Waals surface area contributed by atoms with Gasteiger partial charge in [-0.05, 0) is 24.6 Å². The SMILES string of the molecule is CC(=O)Oc1ccc(CC(OO)C(C)O)cc1. The molecule has 1 rings (SSSR count). The molecule has 1 aromatic carbocycles. The van der Waals surface area contributed by atoms with E-state index in [9.17, 15) is 9.90 Å². The summed E-state index contributed by atoms with van der Waals surface area (Å²) in [5.74, 6) is 0.0815. The summed E-state index contributed by atoms with van der Waals surface area (Å²) in [6.07, 6.45) is -1.07. The van der Waals surface area contributed by atoms with E-state index in [-0.39, 0.29) is 5.97 Å². The van der Waals surface area contributed by atoms with Gasteiger partial charge >= 0.3 is 5.97 Å². The summed E-state index contributed by atoms with van der Waals surface area (Å²) in [6.45, 7) is 2.87. The highest BCUT2D eigenvalue weighted by Crippen LogP contribution is 2.15. The van der Waals surface area contributed by atoms with E-state index in [4.69, 9.17) is 9.99 Å². The van der Waals surface area contributed by atoms with Gasteiger partial charge in [-0.2, -0.15) is 0 Å². The summed E-state index contributed by atoms with van der Waals surface area (Å²) < 4.78 is 4.88. The lowest BCUT2D eigenvalue weighted by molar-refractivity contribution is -0.294. The summed E-state index contributed by atoms with van der Waals surface area (Å²) in [4.78, 5) is 14.9. The molecule has 0 heterocycles. The molecule has 1 aromatic rings. The summed E-state index contributed by atoms with van der Waals surface area (Å²) in [5.41, 5.74) is 0.862. The Hall–Kier alpha value is -1.43. The van der Waals surface area contributed by atoms with Crippen LogP contribution in [0.15, 0.2) is 24.3 Å². The Labute approximate surface area is 99.5 Å². The molecule has 5 heteroatoms. The first-order chi connectivity index (χ1) is 8.02. The molecule has 0 radical (unpaired) electrons. The predicted octanol–water partition coefficient (Wildman–Crippen LogP) is 1.39. The van der Waals surface area contributed by atoms with Gasteiger partial charge in [-0.15, -0.1) is 0 Å². The van der Waals surface area contributed by atoms with Crippen molar-refractivity contribution in [1.29, 1.82) is 0 Å². The fourth-order valence-electron chi connectivity index (χ4n) is 1.39. The summed E-state index contributed by atoms with van der Waals surface area (Å²) in [5, 5.41) is 17.9. The molecule has 0 aromatic heterocycles. The first-order valence-corrected chi connectivity index (χ1v) is 5.28. The lowest BCUT2D eigenvalue weighted by Crippen LogP contribution is -2.27. The van der Waals surface area contributed by atoms with Gasteiger partial charge in [-0.25, -0.2) is 4.89 Å². The Morgan fingerprint density at radius 2 is 1.94 bits per heavy atom. The van der Waals surface area contributed by atoms with Crippen LogP contribution < -0.4 is 4.74 Å². The second kappa shape index (κ2) is 6.34. The first-order valence-electron chi connectivity index (χ1n) is 5.28. The highest BCUT2D eigenvalue weighted by molar-refractivity contribution is 5.69.